The number of ether oxygens (including phenoxy) is 2. The van der Waals surface area contributed by atoms with Gasteiger partial charge < -0.3 is 14.0 Å². The third kappa shape index (κ3) is 9.46. The number of hydrogen-bond acceptors (Lipinski definition) is 8. The predicted octanol–water partition coefficient (Wildman–Crippen LogP) is 9.06. The minimum Gasteiger partial charge on any atom is -0.476 e. The molecule has 15 heteroatoms. The molecule has 0 atom stereocenters. The number of carbonyl (C=O) groups excluding carboxylic acids is 1. The van der Waals surface area contributed by atoms with Crippen LogP contribution in [-0.2, 0) is 26.2 Å². The molecule has 56 heavy (non-hydrogen) atoms. The highest BCUT2D eigenvalue weighted by molar-refractivity contribution is 7.91. The van der Waals surface area contributed by atoms with E-state index in [1.807, 2.05) is 59.3 Å². The summed E-state index contributed by atoms with van der Waals surface area (Å²) in [6.07, 6.45) is 8.58. The molecule has 1 aliphatic carbocycles. The van der Waals surface area contributed by atoms with Gasteiger partial charge in [-0.25, -0.2) is 9.29 Å². The molecule has 1 saturated heterocycles. The highest BCUT2D eigenvalue weighted by Crippen LogP contribution is 2.33. The van der Waals surface area contributed by atoms with Crippen molar-refractivity contribution in [3.63, 3.8) is 0 Å². The maximum atomic E-state index is 13.6. The van der Waals surface area contributed by atoms with Gasteiger partial charge in [-0.15, -0.1) is 10.2 Å². The van der Waals surface area contributed by atoms with Crippen molar-refractivity contribution in [2.45, 2.75) is 64.2 Å². The van der Waals surface area contributed by atoms with Crippen molar-refractivity contribution in [2.24, 2.45) is 5.92 Å². The number of carbonyl (C=O) groups is 1. The minimum absolute atomic E-state index is 0.315. The van der Waals surface area contributed by atoms with Crippen molar-refractivity contribution in [1.29, 1.82) is 0 Å². The van der Waals surface area contributed by atoms with Crippen LogP contribution in [0.5, 0.6) is 5.88 Å². The number of anilines is 1. The molecule has 2 aliphatic rings. The number of aromatic nitrogens is 4. The molecule has 2 fully saturated rings. The molecule has 0 spiro atoms. The third-order valence-electron chi connectivity index (χ3n) is 10.1. The van der Waals surface area contributed by atoms with Gasteiger partial charge in [0, 0.05) is 55.2 Å². The highest BCUT2D eigenvalue weighted by Gasteiger charge is 2.43. The van der Waals surface area contributed by atoms with Crippen LogP contribution in [0, 0.1) is 5.92 Å². The van der Waals surface area contributed by atoms with Crippen LogP contribution in [0.2, 0.25) is 35.7 Å². The molecule has 2 aromatic heterocycles. The first-order valence-corrected chi connectivity index (χ1v) is 24.8. The number of imidazole rings is 1. The number of benzene rings is 3. The fourth-order valence-corrected chi connectivity index (χ4v) is 9.57. The topological polar surface area (TPSA) is 120 Å². The summed E-state index contributed by atoms with van der Waals surface area (Å²) in [5.41, 5.74) is 4.98. The molecule has 0 bridgehead atoms. The fourth-order valence-electron chi connectivity index (χ4n) is 6.90. The van der Waals surface area contributed by atoms with E-state index in [-0.39, 0.29) is 13.3 Å². The zero-order valence-corrected chi connectivity index (χ0v) is 35.2. The summed E-state index contributed by atoms with van der Waals surface area (Å²) >= 11 is 12.9. The summed E-state index contributed by atoms with van der Waals surface area (Å²) < 4.78 is 42.7. The lowest BCUT2D eigenvalue weighted by atomic mass is 9.90. The number of halogens is 2. The molecule has 0 radical (unpaired) electrons. The Bertz CT molecular complexity index is 2280. The summed E-state index contributed by atoms with van der Waals surface area (Å²) in [7, 11) is -5.55. The van der Waals surface area contributed by atoms with Gasteiger partial charge in [0.05, 0.1) is 28.7 Å². The van der Waals surface area contributed by atoms with E-state index >= 15 is 0 Å². The maximum Gasteiger partial charge on any atom is 0.331 e. The Morgan fingerprint density at radius 3 is 2.36 bits per heavy atom. The third-order valence-corrected chi connectivity index (χ3v) is 14.2. The molecule has 0 unspecified atom stereocenters. The van der Waals surface area contributed by atoms with E-state index in [9.17, 15) is 13.2 Å². The van der Waals surface area contributed by atoms with Crippen LogP contribution in [0.25, 0.3) is 28.2 Å². The smallest absolute Gasteiger partial charge is 0.331 e. The molecule has 11 nitrogen and oxygen atoms in total. The molecule has 1 amide bonds. The molecular formula is C41H46Cl2N6O5SSi. The second-order valence-corrected chi connectivity index (χ2v) is 23.8. The van der Waals surface area contributed by atoms with Crippen LogP contribution in [0.3, 0.4) is 0 Å². The molecule has 0 N–H and O–H groups in total. The highest BCUT2D eigenvalue weighted by atomic mass is 35.5. The number of amides is 1. The van der Waals surface area contributed by atoms with Crippen molar-refractivity contribution in [1.82, 2.24) is 24.1 Å². The van der Waals surface area contributed by atoms with Crippen molar-refractivity contribution in [3.8, 4) is 34.1 Å². The van der Waals surface area contributed by atoms with Gasteiger partial charge in [-0.05, 0) is 72.8 Å². The van der Waals surface area contributed by atoms with Crippen molar-refractivity contribution in [3.05, 3.63) is 106 Å². The van der Waals surface area contributed by atoms with E-state index in [1.54, 1.807) is 30.3 Å². The fraction of sp³-hybridized carbons (Fsp3) is 0.366. The van der Waals surface area contributed by atoms with E-state index in [0.29, 0.717) is 69.9 Å². The van der Waals surface area contributed by atoms with Crippen molar-refractivity contribution < 1.29 is 22.7 Å². The van der Waals surface area contributed by atoms with E-state index in [1.165, 1.54) is 32.1 Å². The van der Waals surface area contributed by atoms with E-state index in [0.717, 1.165) is 31.5 Å². The summed E-state index contributed by atoms with van der Waals surface area (Å²) in [4.78, 5) is 18.0. The van der Waals surface area contributed by atoms with Crippen molar-refractivity contribution in [2.75, 3.05) is 30.8 Å². The molecule has 5 aromatic rings. The Balaban J connectivity index is 1.12. The van der Waals surface area contributed by atoms with Crippen LogP contribution in [0.1, 0.15) is 43.5 Å². The van der Waals surface area contributed by atoms with Gasteiger partial charge in [0.15, 0.2) is 0 Å². The van der Waals surface area contributed by atoms with Crippen molar-refractivity contribution >= 4 is 53.1 Å². The van der Waals surface area contributed by atoms with Gasteiger partial charge >= 0.3 is 10.2 Å². The summed E-state index contributed by atoms with van der Waals surface area (Å²) in [6, 6.07) is 25.0. The van der Waals surface area contributed by atoms with E-state index < -0.39 is 24.2 Å². The SMILES string of the molecule is C[Si](C)(C)CCOCN1C(=O)CN(c2cccc(-n3cc(-c4ccc(Cl)cc4Cl)nc3Cc3ccc(-c4ccc(OCC5CCCCC5)nn4)cc3)c2)S1(=O)=O. The van der Waals surface area contributed by atoms with E-state index in [2.05, 4.69) is 29.8 Å². The Morgan fingerprint density at radius 2 is 1.64 bits per heavy atom. The first-order chi connectivity index (χ1) is 26.8. The van der Waals surface area contributed by atoms with Gasteiger partial charge in [0.1, 0.15) is 19.1 Å². The average Bonchev–Trinajstić information content (AvgIpc) is 3.69. The quantitative estimate of drug-likeness (QED) is 0.0804. The molecule has 7 rings (SSSR count). The van der Waals surface area contributed by atoms with Crippen LogP contribution in [-0.4, -0.2) is 72.9 Å². The zero-order valence-electron chi connectivity index (χ0n) is 31.8. The minimum atomic E-state index is -4.16. The lowest BCUT2D eigenvalue weighted by Crippen LogP contribution is -2.36. The summed E-state index contributed by atoms with van der Waals surface area (Å²) in [6.45, 7) is 7.07. The Kier molecular flexibility index (Phi) is 12.2. The monoisotopic (exact) mass is 832 g/mol. The van der Waals surface area contributed by atoms with Crippen LogP contribution >= 0.6 is 23.2 Å². The van der Waals surface area contributed by atoms with Gasteiger partial charge in [0.2, 0.25) is 5.88 Å². The normalized spacial score (nSPS) is 16.1. The standard InChI is InChI=1S/C41H46Cl2N6O5SSi/c1-56(2,3)21-20-53-28-49-41(50)26-48(55(49,51)52)34-11-7-10-33(24-34)47-25-38(35-17-16-32(42)23-36(35)43)44-39(47)22-29-12-14-31(15-13-29)37-18-19-40(46-45-37)54-27-30-8-5-4-6-9-30/h7,10-19,23-25,30H,4-6,8-9,20-22,26-28H2,1-3H3. The van der Waals surface area contributed by atoms with Gasteiger partial charge in [-0.2, -0.15) is 12.7 Å². The Morgan fingerprint density at radius 1 is 0.875 bits per heavy atom. The van der Waals surface area contributed by atoms with Gasteiger partial charge in [0.25, 0.3) is 5.91 Å². The number of rotatable bonds is 14. The second-order valence-electron chi connectivity index (χ2n) is 15.6. The molecule has 1 saturated carbocycles. The molecule has 3 aromatic carbocycles. The second kappa shape index (κ2) is 17.1. The first-order valence-electron chi connectivity index (χ1n) is 18.9. The van der Waals surface area contributed by atoms with Crippen LogP contribution < -0.4 is 9.04 Å². The Labute approximate surface area is 339 Å². The maximum absolute atomic E-state index is 13.6. The predicted molar refractivity (Wildman–Crippen MR) is 223 cm³/mol. The van der Waals surface area contributed by atoms with Gasteiger partial charge in [-0.1, -0.05) is 92.4 Å². The van der Waals surface area contributed by atoms with E-state index in [4.69, 9.17) is 37.7 Å². The summed E-state index contributed by atoms with van der Waals surface area (Å²) in [5, 5.41) is 9.71. The lowest BCUT2D eigenvalue weighted by Gasteiger charge is -2.21. The molecule has 294 valence electrons. The lowest BCUT2D eigenvalue weighted by molar-refractivity contribution is -0.127. The van der Waals surface area contributed by atoms with Crippen LogP contribution in [0.15, 0.2) is 85.1 Å². The summed E-state index contributed by atoms with van der Waals surface area (Å²) in [5.74, 6) is 1.27. The molecule has 3 heterocycles. The molecule has 1 aliphatic heterocycles. The molecular weight excluding hydrogens is 788 g/mol. The number of hydrogen-bond donors (Lipinski definition) is 0. The largest absolute Gasteiger partial charge is 0.476 e. The van der Waals surface area contributed by atoms with Crippen LogP contribution in [0.4, 0.5) is 5.69 Å². The number of nitrogens with zero attached hydrogens (tertiary/aromatic N) is 6. The zero-order chi connectivity index (χ0) is 39.5. The Hall–Kier alpha value is -4.27. The first kappa shape index (κ1) is 39.9. The average molecular weight is 834 g/mol. The van der Waals surface area contributed by atoms with Gasteiger partial charge in [-0.3, -0.25) is 4.79 Å².